The molecule has 0 aromatic carbocycles. The molecule has 6 nitrogen and oxygen atoms in total. The highest BCUT2D eigenvalue weighted by molar-refractivity contribution is 7.16. The monoisotopic (exact) mass is 293 g/mol. The van der Waals surface area contributed by atoms with E-state index in [2.05, 4.69) is 27.5 Å². The van der Waals surface area contributed by atoms with Crippen LogP contribution < -0.4 is 15.5 Å². The molecule has 0 aliphatic carbocycles. The Morgan fingerprint density at radius 3 is 2.95 bits per heavy atom. The van der Waals surface area contributed by atoms with E-state index in [0.29, 0.717) is 5.95 Å². The number of amides is 1. The van der Waals surface area contributed by atoms with Gasteiger partial charge in [-0.05, 0) is 17.9 Å². The smallest absolute Gasteiger partial charge is 0.239 e. The first kappa shape index (κ1) is 14.5. The third kappa shape index (κ3) is 3.16. The van der Waals surface area contributed by atoms with Gasteiger partial charge in [0, 0.05) is 20.6 Å². The average molecular weight is 293 g/mol. The molecule has 0 unspecified atom stereocenters. The fourth-order valence-electron chi connectivity index (χ4n) is 1.82. The molecule has 108 valence electrons. The summed E-state index contributed by atoms with van der Waals surface area (Å²) >= 11 is 1.57. The van der Waals surface area contributed by atoms with E-state index in [0.717, 1.165) is 29.0 Å². The minimum absolute atomic E-state index is 0.0439. The zero-order chi connectivity index (χ0) is 14.5. The second-order valence-electron chi connectivity index (χ2n) is 4.47. The molecule has 0 spiro atoms. The Balaban J connectivity index is 2.33. The van der Waals surface area contributed by atoms with Crippen LogP contribution in [0.5, 0.6) is 0 Å². The topological polar surface area (TPSA) is 70.2 Å². The van der Waals surface area contributed by atoms with Crippen molar-refractivity contribution in [2.45, 2.75) is 13.3 Å². The number of hydrogen-bond acceptors (Lipinski definition) is 6. The van der Waals surface area contributed by atoms with Gasteiger partial charge in [-0.1, -0.05) is 6.92 Å². The SMILES string of the molecule is CCCNc1nc(N(C)CC(=O)NC)c2ccsc2n1. The maximum absolute atomic E-state index is 11.5. The van der Waals surface area contributed by atoms with E-state index in [9.17, 15) is 4.79 Å². The Morgan fingerprint density at radius 2 is 2.25 bits per heavy atom. The predicted molar refractivity (Wildman–Crippen MR) is 83.5 cm³/mol. The van der Waals surface area contributed by atoms with Crippen LogP contribution in [-0.4, -0.2) is 43.1 Å². The molecule has 7 heteroatoms. The van der Waals surface area contributed by atoms with Crippen LogP contribution in [0.15, 0.2) is 11.4 Å². The molecule has 2 aromatic heterocycles. The summed E-state index contributed by atoms with van der Waals surface area (Å²) < 4.78 is 0. The van der Waals surface area contributed by atoms with Crippen LogP contribution in [0.4, 0.5) is 11.8 Å². The number of rotatable bonds is 6. The summed E-state index contributed by atoms with van der Waals surface area (Å²) in [7, 11) is 3.49. The van der Waals surface area contributed by atoms with Crippen molar-refractivity contribution in [1.82, 2.24) is 15.3 Å². The molecular weight excluding hydrogens is 274 g/mol. The third-order valence-electron chi connectivity index (χ3n) is 2.86. The molecule has 0 saturated carbocycles. The molecule has 0 bridgehead atoms. The van der Waals surface area contributed by atoms with E-state index < -0.39 is 0 Å². The molecule has 0 fully saturated rings. The second-order valence-corrected chi connectivity index (χ2v) is 5.36. The van der Waals surface area contributed by atoms with Gasteiger partial charge in [-0.15, -0.1) is 11.3 Å². The van der Waals surface area contributed by atoms with Gasteiger partial charge in [0.25, 0.3) is 0 Å². The van der Waals surface area contributed by atoms with Crippen LogP contribution in [0.2, 0.25) is 0 Å². The summed E-state index contributed by atoms with van der Waals surface area (Å²) in [6, 6.07) is 1.99. The summed E-state index contributed by atoms with van der Waals surface area (Å²) in [6.07, 6.45) is 1.01. The number of thiophene rings is 1. The lowest BCUT2D eigenvalue weighted by Gasteiger charge is -2.18. The minimum Gasteiger partial charge on any atom is -0.358 e. The van der Waals surface area contributed by atoms with Crippen molar-refractivity contribution in [3.63, 3.8) is 0 Å². The molecule has 2 rings (SSSR count). The maximum Gasteiger partial charge on any atom is 0.239 e. The Kier molecular flexibility index (Phi) is 4.73. The van der Waals surface area contributed by atoms with Crippen LogP contribution in [0, 0.1) is 0 Å². The fourth-order valence-corrected chi connectivity index (χ4v) is 2.57. The van der Waals surface area contributed by atoms with Crippen molar-refractivity contribution < 1.29 is 4.79 Å². The Bertz CT molecular complexity index is 597. The Morgan fingerprint density at radius 1 is 1.45 bits per heavy atom. The number of nitrogens with zero attached hydrogens (tertiary/aromatic N) is 3. The lowest BCUT2D eigenvalue weighted by molar-refractivity contribution is -0.119. The van der Waals surface area contributed by atoms with E-state index in [1.165, 1.54) is 0 Å². The molecule has 1 amide bonds. The molecular formula is C13H19N5OS. The van der Waals surface area contributed by atoms with Gasteiger partial charge < -0.3 is 15.5 Å². The van der Waals surface area contributed by atoms with Gasteiger partial charge in [-0.3, -0.25) is 4.79 Å². The van der Waals surface area contributed by atoms with Crippen molar-refractivity contribution in [1.29, 1.82) is 0 Å². The molecule has 0 saturated heterocycles. The first-order valence-electron chi connectivity index (χ1n) is 6.56. The standard InChI is InChI=1S/C13H19N5OS/c1-4-6-15-13-16-11(18(3)8-10(19)14-2)9-5-7-20-12(9)17-13/h5,7H,4,6,8H2,1-3H3,(H,14,19)(H,15,16,17). The first-order valence-corrected chi connectivity index (χ1v) is 7.44. The number of carbonyl (C=O) groups is 1. The number of hydrogen-bond donors (Lipinski definition) is 2. The van der Waals surface area contributed by atoms with Crippen LogP contribution in [0.1, 0.15) is 13.3 Å². The largest absolute Gasteiger partial charge is 0.358 e. The molecule has 2 aromatic rings. The Hall–Kier alpha value is -1.89. The summed E-state index contributed by atoms with van der Waals surface area (Å²) in [6.45, 7) is 3.19. The molecule has 2 N–H and O–H groups in total. The lowest BCUT2D eigenvalue weighted by atomic mass is 10.3. The van der Waals surface area contributed by atoms with Crippen molar-refractivity contribution in [3.05, 3.63) is 11.4 Å². The number of nitrogens with one attached hydrogen (secondary N) is 2. The number of anilines is 2. The number of likely N-dealkylation sites (N-methyl/N-ethyl adjacent to an activating group) is 2. The zero-order valence-electron chi connectivity index (χ0n) is 11.9. The van der Waals surface area contributed by atoms with Crippen molar-refractivity contribution >= 4 is 39.2 Å². The molecule has 0 radical (unpaired) electrons. The number of aromatic nitrogens is 2. The van der Waals surface area contributed by atoms with E-state index in [-0.39, 0.29) is 12.5 Å². The van der Waals surface area contributed by atoms with Crippen molar-refractivity contribution in [3.8, 4) is 0 Å². The van der Waals surface area contributed by atoms with Crippen LogP contribution in [0.25, 0.3) is 10.2 Å². The van der Waals surface area contributed by atoms with E-state index in [4.69, 9.17) is 0 Å². The fraction of sp³-hybridized carbons (Fsp3) is 0.462. The van der Waals surface area contributed by atoms with Crippen LogP contribution in [0.3, 0.4) is 0 Å². The van der Waals surface area contributed by atoms with Crippen molar-refractivity contribution in [2.75, 3.05) is 37.4 Å². The minimum atomic E-state index is -0.0439. The number of fused-ring (bicyclic) bond motifs is 1. The van der Waals surface area contributed by atoms with Gasteiger partial charge in [0.2, 0.25) is 11.9 Å². The van der Waals surface area contributed by atoms with Gasteiger partial charge >= 0.3 is 0 Å². The highest BCUT2D eigenvalue weighted by Crippen LogP contribution is 2.28. The van der Waals surface area contributed by atoms with Crippen LogP contribution in [-0.2, 0) is 4.79 Å². The molecule has 20 heavy (non-hydrogen) atoms. The van der Waals surface area contributed by atoms with Gasteiger partial charge in [0.05, 0.1) is 11.9 Å². The first-order chi connectivity index (χ1) is 9.65. The normalized spacial score (nSPS) is 10.6. The third-order valence-corrected chi connectivity index (χ3v) is 3.67. The van der Waals surface area contributed by atoms with Gasteiger partial charge in [0.15, 0.2) is 0 Å². The van der Waals surface area contributed by atoms with Crippen molar-refractivity contribution in [2.24, 2.45) is 0 Å². The van der Waals surface area contributed by atoms with E-state index >= 15 is 0 Å². The second kappa shape index (κ2) is 6.51. The summed E-state index contributed by atoms with van der Waals surface area (Å²) in [5.41, 5.74) is 0. The van der Waals surface area contributed by atoms with Gasteiger partial charge in [-0.25, -0.2) is 4.98 Å². The highest BCUT2D eigenvalue weighted by atomic mass is 32.1. The lowest BCUT2D eigenvalue weighted by Crippen LogP contribution is -2.33. The summed E-state index contributed by atoms with van der Waals surface area (Å²) in [5, 5.41) is 8.78. The Labute approximate surface area is 122 Å². The van der Waals surface area contributed by atoms with E-state index in [1.807, 2.05) is 23.4 Å². The molecule has 0 aliphatic rings. The highest BCUT2D eigenvalue weighted by Gasteiger charge is 2.14. The van der Waals surface area contributed by atoms with Gasteiger partial charge in [0.1, 0.15) is 10.6 Å². The zero-order valence-corrected chi connectivity index (χ0v) is 12.8. The predicted octanol–water partition coefficient (Wildman–Crippen LogP) is 1.70. The summed E-state index contributed by atoms with van der Waals surface area (Å²) in [5.74, 6) is 1.34. The number of carbonyl (C=O) groups excluding carboxylic acids is 1. The summed E-state index contributed by atoms with van der Waals surface area (Å²) in [4.78, 5) is 23.3. The molecule has 2 heterocycles. The van der Waals surface area contributed by atoms with Crippen LogP contribution >= 0.6 is 11.3 Å². The maximum atomic E-state index is 11.5. The molecule has 0 atom stereocenters. The quantitative estimate of drug-likeness (QED) is 0.848. The average Bonchev–Trinajstić information content (AvgIpc) is 2.92. The van der Waals surface area contributed by atoms with E-state index in [1.54, 1.807) is 18.4 Å². The van der Waals surface area contributed by atoms with Gasteiger partial charge in [-0.2, -0.15) is 4.98 Å². The molecule has 0 aliphatic heterocycles.